The van der Waals surface area contributed by atoms with E-state index in [4.69, 9.17) is 5.73 Å². The molecule has 29 heavy (non-hydrogen) atoms. The number of rotatable bonds is 6. The highest BCUT2D eigenvalue weighted by atomic mass is 35.5. The molecule has 0 radical (unpaired) electrons. The third-order valence-electron chi connectivity index (χ3n) is 4.73. The number of hydrogen-bond acceptors (Lipinski definition) is 5. The minimum Gasteiger partial charge on any atom is -0.346 e. The second-order valence-corrected chi connectivity index (χ2v) is 7.16. The molecule has 2 amide bonds. The van der Waals surface area contributed by atoms with E-state index in [1.165, 1.54) is 0 Å². The van der Waals surface area contributed by atoms with Gasteiger partial charge in [0.05, 0.1) is 12.6 Å². The molecule has 4 N–H and O–H groups in total. The summed E-state index contributed by atoms with van der Waals surface area (Å²) in [6.07, 6.45) is 3.26. The highest BCUT2D eigenvalue weighted by molar-refractivity contribution is 5.95. The summed E-state index contributed by atoms with van der Waals surface area (Å²) in [4.78, 5) is 23.8. The molecule has 1 aliphatic heterocycles. The van der Waals surface area contributed by atoms with E-state index in [0.29, 0.717) is 5.69 Å². The summed E-state index contributed by atoms with van der Waals surface area (Å²) in [5, 5.41) is 13.9. The first kappa shape index (κ1) is 24.9. The Balaban J connectivity index is 0.00000210. The van der Waals surface area contributed by atoms with Crippen LogP contribution in [0.2, 0.25) is 0 Å². The number of aryl methyl sites for hydroxylation is 1. The van der Waals surface area contributed by atoms with Crippen LogP contribution in [0.3, 0.4) is 0 Å². The van der Waals surface area contributed by atoms with Gasteiger partial charge in [0.1, 0.15) is 5.82 Å². The number of amides is 2. The minimum atomic E-state index is -0.619. The van der Waals surface area contributed by atoms with Gasteiger partial charge in [-0.2, -0.15) is 0 Å². The van der Waals surface area contributed by atoms with Crippen LogP contribution in [0, 0.1) is 5.92 Å². The maximum atomic E-state index is 12.0. The van der Waals surface area contributed by atoms with Crippen LogP contribution in [0.15, 0.2) is 24.3 Å². The zero-order valence-corrected chi connectivity index (χ0v) is 18.2. The van der Waals surface area contributed by atoms with Gasteiger partial charge < -0.3 is 20.9 Å². The van der Waals surface area contributed by atoms with Crippen LogP contribution in [0.1, 0.15) is 32.5 Å². The van der Waals surface area contributed by atoms with E-state index in [-0.39, 0.29) is 49.1 Å². The molecule has 8 nitrogen and oxygen atoms in total. The molecule has 2 aromatic rings. The second kappa shape index (κ2) is 11.1. The molecule has 0 unspecified atom stereocenters. The van der Waals surface area contributed by atoms with E-state index in [1.807, 2.05) is 38.1 Å². The highest BCUT2D eigenvalue weighted by Gasteiger charge is 2.18. The number of hydrogen-bond donors (Lipinski definition) is 3. The number of carbonyl (C=O) groups is 2. The minimum absolute atomic E-state index is 0. The summed E-state index contributed by atoms with van der Waals surface area (Å²) in [7, 11) is 0. The second-order valence-electron chi connectivity index (χ2n) is 7.16. The maximum Gasteiger partial charge on any atom is 0.243 e. The summed E-state index contributed by atoms with van der Waals surface area (Å²) in [5.74, 6) is 1.28. The molecule has 0 fully saturated rings. The molecular weight excluding hydrogens is 415 g/mol. The lowest BCUT2D eigenvalue weighted by atomic mass is 10.1. The molecule has 0 bridgehead atoms. The molecule has 0 spiro atoms. The topological polar surface area (TPSA) is 115 Å². The predicted molar refractivity (Wildman–Crippen MR) is 117 cm³/mol. The molecule has 1 aromatic carbocycles. The SMILES string of the molecule is CC(C)[C@H](N)C(=O)NCC(=O)Nc1ccc(-c2nnc3n2CCCC3)cc1.Cl.Cl. The van der Waals surface area contributed by atoms with Gasteiger partial charge in [-0.15, -0.1) is 35.0 Å². The summed E-state index contributed by atoms with van der Waals surface area (Å²) >= 11 is 0. The van der Waals surface area contributed by atoms with Crippen LogP contribution in [0.4, 0.5) is 5.69 Å². The van der Waals surface area contributed by atoms with Crippen molar-refractivity contribution in [2.45, 2.75) is 45.7 Å². The molecule has 10 heteroatoms. The maximum absolute atomic E-state index is 12.0. The van der Waals surface area contributed by atoms with Gasteiger partial charge in [0.15, 0.2) is 5.82 Å². The van der Waals surface area contributed by atoms with Gasteiger partial charge in [0.2, 0.25) is 11.8 Å². The molecule has 0 saturated heterocycles. The Morgan fingerprint density at radius 3 is 2.48 bits per heavy atom. The van der Waals surface area contributed by atoms with Crippen LogP contribution in [0.5, 0.6) is 0 Å². The van der Waals surface area contributed by atoms with Crippen molar-refractivity contribution in [3.05, 3.63) is 30.1 Å². The fourth-order valence-corrected chi connectivity index (χ4v) is 3.02. The van der Waals surface area contributed by atoms with E-state index in [0.717, 1.165) is 43.0 Å². The van der Waals surface area contributed by atoms with Gasteiger partial charge in [0, 0.05) is 24.2 Å². The summed E-state index contributed by atoms with van der Waals surface area (Å²) in [6.45, 7) is 4.55. The number of nitrogens with one attached hydrogen (secondary N) is 2. The van der Waals surface area contributed by atoms with Crippen LogP contribution >= 0.6 is 24.8 Å². The van der Waals surface area contributed by atoms with E-state index >= 15 is 0 Å². The number of nitrogens with two attached hydrogens (primary N) is 1. The lowest BCUT2D eigenvalue weighted by Gasteiger charge is -2.15. The number of aromatic nitrogens is 3. The van der Waals surface area contributed by atoms with Crippen molar-refractivity contribution in [2.24, 2.45) is 11.7 Å². The van der Waals surface area contributed by atoms with Gasteiger partial charge in [-0.25, -0.2) is 0 Å². The third kappa shape index (κ3) is 6.16. The van der Waals surface area contributed by atoms with Crippen LogP contribution in [0.25, 0.3) is 11.4 Å². The smallest absolute Gasteiger partial charge is 0.243 e. The zero-order chi connectivity index (χ0) is 19.4. The number of halogens is 2. The normalized spacial score (nSPS) is 13.5. The van der Waals surface area contributed by atoms with Crippen LogP contribution in [-0.4, -0.2) is 39.2 Å². The predicted octanol–water partition coefficient (Wildman–Crippen LogP) is 2.16. The van der Waals surface area contributed by atoms with Gasteiger partial charge in [-0.1, -0.05) is 13.8 Å². The molecule has 1 aromatic heterocycles. The average molecular weight is 443 g/mol. The Kier molecular flexibility index (Phi) is 9.55. The first-order chi connectivity index (χ1) is 13.0. The Morgan fingerprint density at radius 1 is 1.14 bits per heavy atom. The molecule has 1 atom stereocenters. The Hall–Kier alpha value is -2.16. The summed E-state index contributed by atoms with van der Waals surface area (Å²) in [6, 6.07) is 6.84. The van der Waals surface area contributed by atoms with Crippen molar-refractivity contribution in [2.75, 3.05) is 11.9 Å². The monoisotopic (exact) mass is 442 g/mol. The lowest BCUT2D eigenvalue weighted by molar-refractivity contribution is -0.125. The number of benzene rings is 1. The van der Waals surface area contributed by atoms with Crippen molar-refractivity contribution >= 4 is 42.3 Å². The average Bonchev–Trinajstić information content (AvgIpc) is 3.10. The van der Waals surface area contributed by atoms with E-state index < -0.39 is 6.04 Å². The van der Waals surface area contributed by atoms with Gasteiger partial charge in [0.25, 0.3) is 0 Å². The summed E-state index contributed by atoms with van der Waals surface area (Å²) in [5.41, 5.74) is 7.37. The largest absolute Gasteiger partial charge is 0.346 e. The van der Waals surface area contributed by atoms with Crippen molar-refractivity contribution in [3.8, 4) is 11.4 Å². The van der Waals surface area contributed by atoms with Crippen LogP contribution in [-0.2, 0) is 22.6 Å². The van der Waals surface area contributed by atoms with E-state index in [1.54, 1.807) is 0 Å². The number of nitrogens with zero attached hydrogens (tertiary/aromatic N) is 3. The molecule has 2 heterocycles. The van der Waals surface area contributed by atoms with Gasteiger partial charge in [-0.3, -0.25) is 9.59 Å². The van der Waals surface area contributed by atoms with E-state index in [9.17, 15) is 9.59 Å². The summed E-state index contributed by atoms with van der Waals surface area (Å²) < 4.78 is 2.16. The van der Waals surface area contributed by atoms with Gasteiger partial charge in [-0.05, 0) is 43.0 Å². The number of carbonyl (C=O) groups excluding carboxylic acids is 2. The Labute approximate surface area is 182 Å². The highest BCUT2D eigenvalue weighted by Crippen LogP contribution is 2.24. The fraction of sp³-hybridized carbons (Fsp3) is 0.474. The quantitative estimate of drug-likeness (QED) is 0.633. The fourth-order valence-electron chi connectivity index (χ4n) is 3.02. The molecule has 0 saturated carbocycles. The van der Waals surface area contributed by atoms with Gasteiger partial charge >= 0.3 is 0 Å². The van der Waals surface area contributed by atoms with Crippen molar-refractivity contribution in [1.82, 2.24) is 20.1 Å². The first-order valence-electron chi connectivity index (χ1n) is 9.31. The zero-order valence-electron chi connectivity index (χ0n) is 16.6. The van der Waals surface area contributed by atoms with Crippen molar-refractivity contribution in [1.29, 1.82) is 0 Å². The van der Waals surface area contributed by atoms with E-state index in [2.05, 4.69) is 25.4 Å². The number of anilines is 1. The molecule has 0 aliphatic carbocycles. The Morgan fingerprint density at radius 2 is 1.83 bits per heavy atom. The molecule has 3 rings (SSSR count). The number of fused-ring (bicyclic) bond motifs is 1. The van der Waals surface area contributed by atoms with Crippen LogP contribution < -0.4 is 16.4 Å². The molecular formula is C19H28Cl2N6O2. The van der Waals surface area contributed by atoms with Crippen molar-refractivity contribution in [3.63, 3.8) is 0 Å². The van der Waals surface area contributed by atoms with Crippen molar-refractivity contribution < 1.29 is 9.59 Å². The third-order valence-corrected chi connectivity index (χ3v) is 4.73. The lowest BCUT2D eigenvalue weighted by Crippen LogP contribution is -2.46. The molecule has 1 aliphatic rings. The standard InChI is InChI=1S/C19H26N6O2.2ClH/c1-12(2)17(20)19(27)21-11-16(26)22-14-8-6-13(7-9-14)18-24-23-15-5-3-4-10-25(15)18;;/h6-9,12,17H,3-5,10-11,20H2,1-2H3,(H,21,27)(H,22,26);2*1H/t17-;;/m0../s1. The first-order valence-corrected chi connectivity index (χ1v) is 9.31. The molecule has 160 valence electrons. The Bertz CT molecular complexity index is 823.